The second kappa shape index (κ2) is 6.06. The molecular weight excluding hydrogens is 226 g/mol. The van der Waals surface area contributed by atoms with Crippen LogP contribution in [0.3, 0.4) is 0 Å². The van der Waals surface area contributed by atoms with Gasteiger partial charge in [-0.15, -0.1) is 0 Å². The standard InChI is InChI=1S/C14H19N3O/c1-14(2,3)17-13(18)9-12(10-15)16-11-7-5-4-6-8-11/h4-8,12,16H,9H2,1-3H3,(H,17,18). The Labute approximate surface area is 108 Å². The van der Waals surface area contributed by atoms with Crippen molar-refractivity contribution in [2.75, 3.05) is 5.32 Å². The number of para-hydroxylation sites is 1. The van der Waals surface area contributed by atoms with Gasteiger partial charge in [-0.2, -0.15) is 5.26 Å². The third-order valence-electron chi connectivity index (χ3n) is 2.17. The van der Waals surface area contributed by atoms with E-state index in [9.17, 15) is 4.79 Å². The van der Waals surface area contributed by atoms with Crippen molar-refractivity contribution in [2.45, 2.75) is 38.8 Å². The molecule has 1 aromatic carbocycles. The number of benzene rings is 1. The zero-order chi connectivity index (χ0) is 13.6. The van der Waals surface area contributed by atoms with Crippen molar-refractivity contribution >= 4 is 11.6 Å². The van der Waals surface area contributed by atoms with E-state index in [0.29, 0.717) is 0 Å². The topological polar surface area (TPSA) is 64.9 Å². The first kappa shape index (κ1) is 14.0. The molecule has 1 rings (SSSR count). The van der Waals surface area contributed by atoms with Gasteiger partial charge in [-0.25, -0.2) is 0 Å². The molecular formula is C14H19N3O. The molecule has 4 heteroatoms. The molecule has 18 heavy (non-hydrogen) atoms. The van der Waals surface area contributed by atoms with Gasteiger partial charge in [-0.3, -0.25) is 4.79 Å². The van der Waals surface area contributed by atoms with Gasteiger partial charge in [0, 0.05) is 11.2 Å². The lowest BCUT2D eigenvalue weighted by molar-refractivity contribution is -0.122. The number of carbonyl (C=O) groups excluding carboxylic acids is 1. The molecule has 1 unspecified atom stereocenters. The van der Waals surface area contributed by atoms with Gasteiger partial charge in [0.05, 0.1) is 12.5 Å². The Morgan fingerprint density at radius 3 is 2.44 bits per heavy atom. The molecule has 0 aliphatic carbocycles. The number of hydrogen-bond donors (Lipinski definition) is 2. The predicted octanol–water partition coefficient (Wildman–Crippen LogP) is 2.30. The number of nitrogens with zero attached hydrogens (tertiary/aromatic N) is 1. The molecule has 1 atom stereocenters. The minimum atomic E-state index is -0.519. The van der Waals surface area contributed by atoms with Crippen molar-refractivity contribution in [1.29, 1.82) is 5.26 Å². The summed E-state index contributed by atoms with van der Waals surface area (Å²) in [5.41, 5.74) is 0.566. The Balaban J connectivity index is 2.54. The van der Waals surface area contributed by atoms with Crippen molar-refractivity contribution in [1.82, 2.24) is 5.32 Å². The highest BCUT2D eigenvalue weighted by Crippen LogP contribution is 2.09. The van der Waals surface area contributed by atoms with Crippen LogP contribution in [0.5, 0.6) is 0 Å². The van der Waals surface area contributed by atoms with E-state index in [2.05, 4.69) is 16.7 Å². The Morgan fingerprint density at radius 2 is 1.94 bits per heavy atom. The molecule has 0 aliphatic heterocycles. The summed E-state index contributed by atoms with van der Waals surface area (Å²) >= 11 is 0. The van der Waals surface area contributed by atoms with Gasteiger partial charge in [0.2, 0.25) is 5.91 Å². The minimum Gasteiger partial charge on any atom is -0.369 e. The Kier molecular flexibility index (Phi) is 4.73. The van der Waals surface area contributed by atoms with E-state index in [0.717, 1.165) is 5.69 Å². The number of nitrogens with one attached hydrogen (secondary N) is 2. The quantitative estimate of drug-likeness (QED) is 0.855. The van der Waals surface area contributed by atoms with Crippen molar-refractivity contribution in [2.24, 2.45) is 0 Å². The molecule has 0 fully saturated rings. The predicted molar refractivity (Wildman–Crippen MR) is 72.0 cm³/mol. The van der Waals surface area contributed by atoms with Crippen LogP contribution in [0.4, 0.5) is 5.69 Å². The molecule has 96 valence electrons. The second-order valence-electron chi connectivity index (χ2n) is 5.19. The highest BCUT2D eigenvalue weighted by molar-refractivity contribution is 5.78. The molecule has 0 saturated carbocycles. The van der Waals surface area contributed by atoms with Crippen LogP contribution in [0.25, 0.3) is 0 Å². The zero-order valence-corrected chi connectivity index (χ0v) is 11.0. The lowest BCUT2D eigenvalue weighted by Crippen LogP contribution is -2.42. The Bertz CT molecular complexity index is 429. The summed E-state index contributed by atoms with van der Waals surface area (Å²) in [5.74, 6) is -0.127. The Morgan fingerprint density at radius 1 is 1.33 bits per heavy atom. The minimum absolute atomic E-state index is 0.127. The van der Waals surface area contributed by atoms with Crippen LogP contribution in [0.15, 0.2) is 30.3 Å². The summed E-state index contributed by atoms with van der Waals surface area (Å²) in [6.45, 7) is 5.74. The molecule has 1 amide bonds. The van der Waals surface area contributed by atoms with Crippen LogP contribution in [0.1, 0.15) is 27.2 Å². The molecule has 0 saturated heterocycles. The average Bonchev–Trinajstić information content (AvgIpc) is 2.27. The fourth-order valence-electron chi connectivity index (χ4n) is 1.52. The SMILES string of the molecule is CC(C)(C)NC(=O)CC(C#N)Nc1ccccc1. The summed E-state index contributed by atoms with van der Waals surface area (Å²) < 4.78 is 0. The van der Waals surface area contributed by atoms with Crippen LogP contribution < -0.4 is 10.6 Å². The molecule has 0 heterocycles. The molecule has 0 spiro atoms. The van der Waals surface area contributed by atoms with E-state index in [4.69, 9.17) is 5.26 Å². The fraction of sp³-hybridized carbons (Fsp3) is 0.429. The highest BCUT2D eigenvalue weighted by Gasteiger charge is 2.18. The van der Waals surface area contributed by atoms with E-state index in [1.165, 1.54) is 0 Å². The van der Waals surface area contributed by atoms with Crippen LogP contribution in [-0.4, -0.2) is 17.5 Å². The van der Waals surface area contributed by atoms with Gasteiger partial charge in [0.25, 0.3) is 0 Å². The largest absolute Gasteiger partial charge is 0.369 e. The first-order chi connectivity index (χ1) is 8.40. The summed E-state index contributed by atoms with van der Waals surface area (Å²) in [5, 5.41) is 14.9. The summed E-state index contributed by atoms with van der Waals surface area (Å²) in [6, 6.07) is 11.0. The van der Waals surface area contributed by atoms with Crippen molar-refractivity contribution in [3.05, 3.63) is 30.3 Å². The molecule has 0 bridgehead atoms. The van der Waals surface area contributed by atoms with Gasteiger partial charge in [0.1, 0.15) is 6.04 Å². The van der Waals surface area contributed by atoms with Crippen LogP contribution in [-0.2, 0) is 4.79 Å². The smallest absolute Gasteiger partial charge is 0.223 e. The molecule has 0 radical (unpaired) electrons. The maximum absolute atomic E-state index is 11.7. The number of anilines is 1. The van der Waals surface area contributed by atoms with E-state index < -0.39 is 6.04 Å². The Hall–Kier alpha value is -2.02. The van der Waals surface area contributed by atoms with Crippen molar-refractivity contribution < 1.29 is 4.79 Å². The third-order valence-corrected chi connectivity index (χ3v) is 2.17. The number of carbonyl (C=O) groups is 1. The van der Waals surface area contributed by atoms with Crippen molar-refractivity contribution in [3.8, 4) is 6.07 Å². The molecule has 0 aromatic heterocycles. The molecule has 4 nitrogen and oxygen atoms in total. The van der Waals surface area contributed by atoms with Gasteiger partial charge >= 0.3 is 0 Å². The average molecular weight is 245 g/mol. The van der Waals surface area contributed by atoms with Gasteiger partial charge in [0.15, 0.2) is 0 Å². The van der Waals surface area contributed by atoms with Crippen LogP contribution >= 0.6 is 0 Å². The number of hydrogen-bond acceptors (Lipinski definition) is 3. The normalized spacial score (nSPS) is 12.3. The summed E-state index contributed by atoms with van der Waals surface area (Å²) in [7, 11) is 0. The van der Waals surface area contributed by atoms with E-state index in [-0.39, 0.29) is 17.9 Å². The fourth-order valence-corrected chi connectivity index (χ4v) is 1.52. The van der Waals surface area contributed by atoms with E-state index in [1.807, 2.05) is 51.1 Å². The first-order valence-corrected chi connectivity index (χ1v) is 5.93. The number of rotatable bonds is 4. The number of amides is 1. The molecule has 0 aliphatic rings. The maximum Gasteiger partial charge on any atom is 0.223 e. The van der Waals surface area contributed by atoms with Crippen molar-refractivity contribution in [3.63, 3.8) is 0 Å². The lowest BCUT2D eigenvalue weighted by Gasteiger charge is -2.21. The van der Waals surface area contributed by atoms with Gasteiger partial charge in [-0.1, -0.05) is 18.2 Å². The maximum atomic E-state index is 11.7. The highest BCUT2D eigenvalue weighted by atomic mass is 16.1. The summed E-state index contributed by atoms with van der Waals surface area (Å²) in [6.07, 6.45) is 0.142. The zero-order valence-electron chi connectivity index (χ0n) is 11.0. The van der Waals surface area contributed by atoms with Gasteiger partial charge < -0.3 is 10.6 Å². The van der Waals surface area contributed by atoms with Gasteiger partial charge in [-0.05, 0) is 32.9 Å². The van der Waals surface area contributed by atoms with E-state index in [1.54, 1.807) is 0 Å². The van der Waals surface area contributed by atoms with Crippen LogP contribution in [0.2, 0.25) is 0 Å². The van der Waals surface area contributed by atoms with E-state index >= 15 is 0 Å². The number of nitriles is 1. The monoisotopic (exact) mass is 245 g/mol. The third kappa shape index (κ3) is 5.35. The molecule has 2 N–H and O–H groups in total. The molecule has 1 aromatic rings. The first-order valence-electron chi connectivity index (χ1n) is 5.93. The second-order valence-corrected chi connectivity index (χ2v) is 5.19. The summed E-state index contributed by atoms with van der Waals surface area (Å²) in [4.78, 5) is 11.7. The lowest BCUT2D eigenvalue weighted by atomic mass is 10.1. The van der Waals surface area contributed by atoms with Crippen LogP contribution in [0, 0.1) is 11.3 Å².